The van der Waals surface area contributed by atoms with E-state index < -0.39 is 16.9 Å². The zero-order valence-electron chi connectivity index (χ0n) is 13.1. The highest BCUT2D eigenvalue weighted by molar-refractivity contribution is 6.30. The van der Waals surface area contributed by atoms with Gasteiger partial charge >= 0.3 is 5.91 Å². The SMILES string of the molecule is O=C1C=C(c2ccc(Cl)cc2)O[N+]1([O-])CCC(O)N1CCOCC1. The standard InChI is InChI=1S/C16H19ClN2O5/c17-13-3-1-12(2-4-13)14-11-16(21)19(22,24-14)8-5-15(20)18-6-9-23-10-7-18/h1-4,11,15,20H,5-10H2. The number of morpholine rings is 1. The number of aliphatic hydroxyl groups excluding tert-OH is 1. The van der Waals surface area contributed by atoms with Crippen LogP contribution < -0.4 is 0 Å². The van der Waals surface area contributed by atoms with E-state index in [2.05, 4.69) is 0 Å². The van der Waals surface area contributed by atoms with Gasteiger partial charge in [0.15, 0.2) is 0 Å². The van der Waals surface area contributed by atoms with Crippen molar-refractivity contribution in [2.45, 2.75) is 12.6 Å². The van der Waals surface area contributed by atoms with E-state index in [9.17, 15) is 15.1 Å². The fraction of sp³-hybridized carbons (Fsp3) is 0.438. The van der Waals surface area contributed by atoms with E-state index >= 15 is 0 Å². The van der Waals surface area contributed by atoms with Crippen LogP contribution >= 0.6 is 11.6 Å². The van der Waals surface area contributed by atoms with E-state index in [0.717, 1.165) is 0 Å². The minimum absolute atomic E-state index is 0.136. The quantitative estimate of drug-likeness (QED) is 0.637. The number of quaternary nitrogens is 1. The molecule has 7 nitrogen and oxygen atoms in total. The molecule has 2 aliphatic rings. The lowest BCUT2D eigenvalue weighted by Gasteiger charge is -2.35. The summed E-state index contributed by atoms with van der Waals surface area (Å²) in [6.07, 6.45) is 0.530. The molecule has 1 N–H and O–H groups in total. The number of carbonyl (C=O) groups is 1. The van der Waals surface area contributed by atoms with Crippen LogP contribution in [-0.2, 0) is 14.4 Å². The molecule has 8 heteroatoms. The molecule has 1 aromatic rings. The topological polar surface area (TPSA) is 82.1 Å². The van der Waals surface area contributed by atoms with Crippen molar-refractivity contribution in [2.24, 2.45) is 0 Å². The van der Waals surface area contributed by atoms with Crippen LogP contribution in [0.4, 0.5) is 0 Å². The van der Waals surface area contributed by atoms with Crippen molar-refractivity contribution in [3.05, 3.63) is 46.1 Å². The molecule has 1 amide bonds. The van der Waals surface area contributed by atoms with Gasteiger partial charge in [0, 0.05) is 30.1 Å². The average Bonchev–Trinajstić information content (AvgIpc) is 2.90. The number of hydrogen-bond donors (Lipinski definition) is 1. The Morgan fingerprint density at radius 2 is 1.96 bits per heavy atom. The first-order valence-electron chi connectivity index (χ1n) is 7.79. The molecule has 0 spiro atoms. The molecule has 0 aromatic heterocycles. The molecule has 2 aliphatic heterocycles. The Kier molecular flexibility index (Phi) is 5.19. The number of hydrogen-bond acceptors (Lipinski definition) is 6. The Labute approximate surface area is 144 Å². The number of amides is 1. The van der Waals surface area contributed by atoms with Crippen molar-refractivity contribution < 1.29 is 24.3 Å². The molecule has 3 rings (SSSR count). The van der Waals surface area contributed by atoms with Crippen LogP contribution in [0.15, 0.2) is 30.3 Å². The smallest absolute Gasteiger partial charge is 0.384 e. The minimum Gasteiger partial charge on any atom is -0.581 e. The molecule has 2 atom stereocenters. The molecule has 1 fully saturated rings. The van der Waals surface area contributed by atoms with Gasteiger partial charge < -0.3 is 19.9 Å². The van der Waals surface area contributed by atoms with Gasteiger partial charge in [-0.2, -0.15) is 0 Å². The van der Waals surface area contributed by atoms with Gasteiger partial charge in [0.25, 0.3) is 0 Å². The number of benzene rings is 1. The summed E-state index contributed by atoms with van der Waals surface area (Å²) < 4.78 is 5.22. The number of hydroxylamine groups is 4. The first-order chi connectivity index (χ1) is 11.5. The zero-order valence-corrected chi connectivity index (χ0v) is 13.8. The Bertz CT molecular complexity index is 630. The van der Waals surface area contributed by atoms with Crippen LogP contribution in [0, 0.1) is 5.21 Å². The van der Waals surface area contributed by atoms with Gasteiger partial charge in [-0.1, -0.05) is 11.6 Å². The number of aliphatic hydroxyl groups is 1. The van der Waals surface area contributed by atoms with Crippen molar-refractivity contribution >= 4 is 23.3 Å². The predicted octanol–water partition coefficient (Wildman–Crippen LogP) is 1.51. The largest absolute Gasteiger partial charge is 0.581 e. The van der Waals surface area contributed by atoms with E-state index in [1.54, 1.807) is 24.3 Å². The molecule has 1 saturated heterocycles. The molecule has 130 valence electrons. The Hall–Kier alpha value is -1.48. The number of halogens is 1. The maximum Gasteiger partial charge on any atom is 0.384 e. The highest BCUT2D eigenvalue weighted by atomic mass is 35.5. The lowest BCUT2D eigenvalue weighted by atomic mass is 10.2. The second-order valence-corrected chi connectivity index (χ2v) is 6.20. The summed E-state index contributed by atoms with van der Waals surface area (Å²) in [4.78, 5) is 17.8. The number of rotatable bonds is 5. The minimum atomic E-state index is -1.45. The average molecular weight is 355 g/mol. The molecular weight excluding hydrogens is 336 g/mol. The zero-order chi connectivity index (χ0) is 17.2. The van der Waals surface area contributed by atoms with Gasteiger partial charge in [-0.25, -0.2) is 4.79 Å². The summed E-state index contributed by atoms with van der Waals surface area (Å²) in [5, 5.41) is 23.3. The first kappa shape index (κ1) is 17.3. The number of carbonyl (C=O) groups excluding carboxylic acids is 1. The van der Waals surface area contributed by atoms with Crippen LogP contribution in [-0.4, -0.2) is 59.8 Å². The second-order valence-electron chi connectivity index (χ2n) is 5.76. The highest BCUT2D eigenvalue weighted by Crippen LogP contribution is 2.30. The fourth-order valence-electron chi connectivity index (χ4n) is 2.69. The molecule has 2 unspecified atom stereocenters. The molecule has 0 radical (unpaired) electrons. The maximum atomic E-state index is 12.6. The summed E-state index contributed by atoms with van der Waals surface area (Å²) >= 11 is 5.83. The lowest BCUT2D eigenvalue weighted by molar-refractivity contribution is -0.982. The molecule has 24 heavy (non-hydrogen) atoms. The van der Waals surface area contributed by atoms with Crippen LogP contribution in [0.5, 0.6) is 0 Å². The van der Waals surface area contributed by atoms with Crippen LogP contribution in [0.3, 0.4) is 0 Å². The predicted molar refractivity (Wildman–Crippen MR) is 87.0 cm³/mol. The molecule has 0 saturated carbocycles. The third-order valence-corrected chi connectivity index (χ3v) is 4.37. The van der Waals surface area contributed by atoms with Gasteiger partial charge in [0.1, 0.15) is 12.8 Å². The van der Waals surface area contributed by atoms with Crippen LogP contribution in [0.1, 0.15) is 12.0 Å². The van der Waals surface area contributed by atoms with E-state index in [4.69, 9.17) is 21.2 Å². The van der Waals surface area contributed by atoms with E-state index in [1.807, 2.05) is 4.90 Å². The van der Waals surface area contributed by atoms with Crippen molar-refractivity contribution in [2.75, 3.05) is 32.8 Å². The van der Waals surface area contributed by atoms with E-state index in [0.29, 0.717) is 36.9 Å². The van der Waals surface area contributed by atoms with Crippen LogP contribution in [0.2, 0.25) is 5.02 Å². The Balaban J connectivity index is 1.60. The highest BCUT2D eigenvalue weighted by Gasteiger charge is 2.38. The Morgan fingerprint density at radius 1 is 1.29 bits per heavy atom. The van der Waals surface area contributed by atoms with Crippen LogP contribution in [0.25, 0.3) is 5.76 Å². The second kappa shape index (κ2) is 7.18. The molecule has 2 heterocycles. The fourth-order valence-corrected chi connectivity index (χ4v) is 2.82. The van der Waals surface area contributed by atoms with E-state index in [-0.39, 0.29) is 18.7 Å². The molecule has 0 bridgehead atoms. The normalized spacial score (nSPS) is 26.1. The van der Waals surface area contributed by atoms with Crippen molar-refractivity contribution in [1.82, 2.24) is 4.90 Å². The number of nitrogens with zero attached hydrogens (tertiary/aromatic N) is 2. The van der Waals surface area contributed by atoms with Gasteiger partial charge in [-0.05, 0) is 24.3 Å². The maximum absolute atomic E-state index is 12.6. The summed E-state index contributed by atoms with van der Waals surface area (Å²) in [6, 6.07) is 6.68. The molecule has 1 aromatic carbocycles. The van der Waals surface area contributed by atoms with E-state index in [1.165, 1.54) is 6.08 Å². The van der Waals surface area contributed by atoms with Crippen molar-refractivity contribution in [3.8, 4) is 0 Å². The van der Waals surface area contributed by atoms with Gasteiger partial charge in [0.2, 0.25) is 5.76 Å². The summed E-state index contributed by atoms with van der Waals surface area (Å²) in [6.45, 7) is 2.13. The summed E-state index contributed by atoms with van der Waals surface area (Å²) in [7, 11) is 0. The summed E-state index contributed by atoms with van der Waals surface area (Å²) in [5.74, 6) is -0.471. The summed E-state index contributed by atoms with van der Waals surface area (Å²) in [5.41, 5.74) is 0.609. The number of ether oxygens (including phenoxy) is 1. The first-order valence-corrected chi connectivity index (χ1v) is 8.16. The Morgan fingerprint density at radius 3 is 2.62 bits per heavy atom. The third-order valence-electron chi connectivity index (χ3n) is 4.11. The van der Waals surface area contributed by atoms with Gasteiger partial charge in [-0.15, -0.1) is 4.81 Å². The lowest BCUT2D eigenvalue weighted by Crippen LogP contribution is -2.48. The van der Waals surface area contributed by atoms with Crippen molar-refractivity contribution in [3.63, 3.8) is 0 Å². The van der Waals surface area contributed by atoms with Gasteiger partial charge in [0.05, 0.1) is 19.3 Å². The van der Waals surface area contributed by atoms with Crippen molar-refractivity contribution in [1.29, 1.82) is 0 Å². The molecular formula is C16H19ClN2O5. The molecule has 0 aliphatic carbocycles. The monoisotopic (exact) mass is 354 g/mol. The third kappa shape index (κ3) is 3.77. The van der Waals surface area contributed by atoms with Gasteiger partial charge in [-0.3, -0.25) is 4.90 Å².